The average Bonchev–Trinajstić information content (AvgIpc) is 2.83. The van der Waals surface area contributed by atoms with Gasteiger partial charge in [0, 0.05) is 21.3 Å². The number of hydrogen-bond donors (Lipinski definition) is 1. The Bertz CT molecular complexity index is 1390. The van der Waals surface area contributed by atoms with Gasteiger partial charge in [-0.1, -0.05) is 82.2 Å². The SMILES string of the molecule is Cc1ccc(NC(=O)/C(C#N)=C/c2c(OCc3ccccc3Br)ccc3ccccc23)cc1. The van der Waals surface area contributed by atoms with Gasteiger partial charge in [-0.05, 0) is 48.0 Å². The molecule has 0 spiro atoms. The van der Waals surface area contributed by atoms with E-state index in [-0.39, 0.29) is 5.57 Å². The molecule has 0 bridgehead atoms. The topological polar surface area (TPSA) is 62.1 Å². The van der Waals surface area contributed by atoms with Crippen LogP contribution in [0.1, 0.15) is 16.7 Å². The minimum atomic E-state index is -0.467. The lowest BCUT2D eigenvalue weighted by Crippen LogP contribution is -2.13. The Morgan fingerprint density at radius 2 is 1.73 bits per heavy atom. The second kappa shape index (κ2) is 10.2. The zero-order chi connectivity index (χ0) is 23.2. The van der Waals surface area contributed by atoms with E-state index < -0.39 is 5.91 Å². The van der Waals surface area contributed by atoms with Gasteiger partial charge in [0.25, 0.3) is 5.91 Å². The van der Waals surface area contributed by atoms with Crippen molar-refractivity contribution in [2.45, 2.75) is 13.5 Å². The van der Waals surface area contributed by atoms with Crippen LogP contribution in [-0.4, -0.2) is 5.91 Å². The van der Waals surface area contributed by atoms with E-state index in [1.165, 1.54) is 0 Å². The van der Waals surface area contributed by atoms with E-state index in [1.807, 2.05) is 97.9 Å². The molecule has 4 aromatic rings. The molecule has 0 fully saturated rings. The van der Waals surface area contributed by atoms with Crippen LogP contribution in [0, 0.1) is 18.3 Å². The standard InChI is InChI=1S/C28H21BrN2O2/c1-19-10-13-23(14-11-19)31-28(32)22(17-30)16-25-24-8-4-2-6-20(24)12-15-27(25)33-18-21-7-3-5-9-26(21)29/h2-16H,18H2,1H3,(H,31,32)/b22-16+. The molecule has 0 aliphatic heterocycles. The molecule has 1 amide bonds. The summed E-state index contributed by atoms with van der Waals surface area (Å²) < 4.78 is 7.11. The molecule has 0 aromatic heterocycles. The third-order valence-electron chi connectivity index (χ3n) is 5.23. The van der Waals surface area contributed by atoms with Crippen LogP contribution in [0.25, 0.3) is 16.8 Å². The highest BCUT2D eigenvalue weighted by Gasteiger charge is 2.14. The summed E-state index contributed by atoms with van der Waals surface area (Å²) in [4.78, 5) is 12.9. The van der Waals surface area contributed by atoms with Crippen molar-refractivity contribution in [3.8, 4) is 11.8 Å². The van der Waals surface area contributed by atoms with Crippen molar-refractivity contribution < 1.29 is 9.53 Å². The molecule has 0 atom stereocenters. The predicted molar refractivity (Wildman–Crippen MR) is 136 cm³/mol. The minimum absolute atomic E-state index is 0.00216. The monoisotopic (exact) mass is 496 g/mol. The van der Waals surface area contributed by atoms with E-state index >= 15 is 0 Å². The maximum absolute atomic E-state index is 12.9. The number of hydrogen-bond acceptors (Lipinski definition) is 3. The van der Waals surface area contributed by atoms with Gasteiger partial charge in [-0.3, -0.25) is 4.79 Å². The van der Waals surface area contributed by atoms with E-state index in [1.54, 1.807) is 6.08 Å². The smallest absolute Gasteiger partial charge is 0.266 e. The number of nitriles is 1. The van der Waals surface area contributed by atoms with Gasteiger partial charge in [0.1, 0.15) is 24.0 Å². The number of nitrogens with one attached hydrogen (secondary N) is 1. The second-order valence-corrected chi connectivity index (χ2v) is 8.42. The Labute approximate surface area is 201 Å². The Morgan fingerprint density at radius 3 is 2.48 bits per heavy atom. The fourth-order valence-corrected chi connectivity index (χ4v) is 3.85. The number of ether oxygens (including phenoxy) is 1. The van der Waals surface area contributed by atoms with E-state index in [9.17, 15) is 10.1 Å². The van der Waals surface area contributed by atoms with Gasteiger partial charge in [-0.2, -0.15) is 5.26 Å². The number of benzene rings is 4. The van der Waals surface area contributed by atoms with Crippen molar-refractivity contribution in [3.63, 3.8) is 0 Å². The minimum Gasteiger partial charge on any atom is -0.488 e. The summed E-state index contributed by atoms with van der Waals surface area (Å²) in [6.45, 7) is 2.32. The molecule has 162 valence electrons. The Balaban J connectivity index is 1.70. The van der Waals surface area contributed by atoms with Gasteiger partial charge in [0.15, 0.2) is 0 Å². The lowest BCUT2D eigenvalue weighted by atomic mass is 10.0. The number of amides is 1. The summed E-state index contributed by atoms with van der Waals surface area (Å²) >= 11 is 3.55. The Kier molecular flexibility index (Phi) is 6.87. The van der Waals surface area contributed by atoms with Crippen LogP contribution in [0.5, 0.6) is 5.75 Å². The number of anilines is 1. The number of carbonyl (C=O) groups excluding carboxylic acids is 1. The number of halogens is 1. The third kappa shape index (κ3) is 5.31. The first-order chi connectivity index (χ1) is 16.0. The van der Waals surface area contributed by atoms with Crippen LogP contribution in [0.3, 0.4) is 0 Å². The van der Waals surface area contributed by atoms with Crippen molar-refractivity contribution in [1.82, 2.24) is 0 Å². The number of aryl methyl sites for hydroxylation is 1. The van der Waals surface area contributed by atoms with Crippen molar-refractivity contribution >= 4 is 44.4 Å². The molecule has 4 nitrogen and oxygen atoms in total. The highest BCUT2D eigenvalue weighted by molar-refractivity contribution is 9.10. The molecule has 0 aliphatic carbocycles. The molecular formula is C28H21BrN2O2. The average molecular weight is 497 g/mol. The number of nitrogens with zero attached hydrogens (tertiary/aromatic N) is 1. The fourth-order valence-electron chi connectivity index (χ4n) is 3.45. The van der Waals surface area contributed by atoms with Crippen molar-refractivity contribution in [1.29, 1.82) is 5.26 Å². The fraction of sp³-hybridized carbons (Fsp3) is 0.0714. The van der Waals surface area contributed by atoms with Crippen LogP contribution in [0.2, 0.25) is 0 Å². The molecule has 0 radical (unpaired) electrons. The Hall–Kier alpha value is -3.88. The van der Waals surface area contributed by atoms with Crippen molar-refractivity contribution in [2.75, 3.05) is 5.32 Å². The van der Waals surface area contributed by atoms with Gasteiger partial charge < -0.3 is 10.1 Å². The lowest BCUT2D eigenvalue weighted by Gasteiger charge is -2.13. The molecule has 0 heterocycles. The third-order valence-corrected chi connectivity index (χ3v) is 6.01. The highest BCUT2D eigenvalue weighted by atomic mass is 79.9. The summed E-state index contributed by atoms with van der Waals surface area (Å²) in [6, 6.07) is 29.0. The van der Waals surface area contributed by atoms with Crippen LogP contribution in [0.15, 0.2) is 95.0 Å². The summed E-state index contributed by atoms with van der Waals surface area (Å²) in [6.07, 6.45) is 1.60. The quantitative estimate of drug-likeness (QED) is 0.230. The van der Waals surface area contributed by atoms with Crippen LogP contribution >= 0.6 is 15.9 Å². The molecule has 1 N–H and O–H groups in total. The number of rotatable bonds is 6. The van der Waals surface area contributed by atoms with Crippen LogP contribution in [0.4, 0.5) is 5.69 Å². The number of carbonyl (C=O) groups is 1. The molecule has 0 saturated heterocycles. The van der Waals surface area contributed by atoms with Crippen molar-refractivity contribution in [3.05, 3.63) is 112 Å². The predicted octanol–water partition coefficient (Wildman–Crippen LogP) is 7.04. The lowest BCUT2D eigenvalue weighted by molar-refractivity contribution is -0.112. The van der Waals surface area contributed by atoms with Gasteiger partial charge in [0.2, 0.25) is 0 Å². The largest absolute Gasteiger partial charge is 0.488 e. The second-order valence-electron chi connectivity index (χ2n) is 7.57. The normalized spacial score (nSPS) is 11.1. The van der Waals surface area contributed by atoms with Gasteiger partial charge in [0.05, 0.1) is 0 Å². The molecular weight excluding hydrogens is 476 g/mol. The van der Waals surface area contributed by atoms with E-state index in [0.717, 1.165) is 26.4 Å². The van der Waals surface area contributed by atoms with Gasteiger partial charge in [-0.25, -0.2) is 0 Å². The van der Waals surface area contributed by atoms with Crippen molar-refractivity contribution in [2.24, 2.45) is 0 Å². The summed E-state index contributed by atoms with van der Waals surface area (Å²) in [7, 11) is 0. The maximum Gasteiger partial charge on any atom is 0.266 e. The highest BCUT2D eigenvalue weighted by Crippen LogP contribution is 2.31. The molecule has 33 heavy (non-hydrogen) atoms. The number of fused-ring (bicyclic) bond motifs is 1. The van der Waals surface area contributed by atoms with Gasteiger partial charge in [-0.15, -0.1) is 0 Å². The summed E-state index contributed by atoms with van der Waals surface area (Å²) in [5, 5.41) is 14.5. The molecule has 0 unspecified atom stereocenters. The van der Waals surface area contributed by atoms with Crippen LogP contribution < -0.4 is 10.1 Å². The zero-order valence-corrected chi connectivity index (χ0v) is 19.6. The first-order valence-electron chi connectivity index (χ1n) is 10.4. The summed E-state index contributed by atoms with van der Waals surface area (Å²) in [5.74, 6) is 0.131. The Morgan fingerprint density at radius 1 is 1.00 bits per heavy atom. The first-order valence-corrected chi connectivity index (χ1v) is 11.2. The molecule has 4 rings (SSSR count). The first kappa shape index (κ1) is 22.3. The van der Waals surface area contributed by atoms with Crippen LogP contribution in [-0.2, 0) is 11.4 Å². The zero-order valence-electron chi connectivity index (χ0n) is 18.0. The van der Waals surface area contributed by atoms with E-state index in [2.05, 4.69) is 21.2 Å². The molecule has 4 aromatic carbocycles. The molecule has 0 saturated carbocycles. The summed E-state index contributed by atoms with van der Waals surface area (Å²) in [5.41, 5.74) is 3.41. The van der Waals surface area contributed by atoms with Gasteiger partial charge >= 0.3 is 0 Å². The molecule has 5 heteroatoms. The maximum atomic E-state index is 12.9. The van der Waals surface area contributed by atoms with E-state index in [0.29, 0.717) is 23.6 Å². The molecule has 0 aliphatic rings. The van der Waals surface area contributed by atoms with E-state index in [4.69, 9.17) is 4.74 Å².